The summed E-state index contributed by atoms with van der Waals surface area (Å²) in [5.41, 5.74) is 9.43. The normalized spacial score (nSPS) is 10.8. The zero-order valence-electron chi connectivity index (χ0n) is 11.8. The third-order valence-electron chi connectivity index (χ3n) is 3.30. The Morgan fingerprint density at radius 2 is 1.76 bits per heavy atom. The van der Waals surface area contributed by atoms with Gasteiger partial charge < -0.3 is 10.3 Å². The number of benzene rings is 2. The second kappa shape index (κ2) is 5.61. The summed E-state index contributed by atoms with van der Waals surface area (Å²) in [6, 6.07) is 13.8. The predicted octanol–water partition coefficient (Wildman–Crippen LogP) is 4.02. The second-order valence-corrected chi connectivity index (χ2v) is 5.60. The molecule has 3 aromatic rings. The van der Waals surface area contributed by atoms with Crippen LogP contribution in [0.1, 0.15) is 5.56 Å². The van der Waals surface area contributed by atoms with E-state index in [1.165, 1.54) is 4.90 Å². The van der Waals surface area contributed by atoms with E-state index in [1.54, 1.807) is 11.8 Å². The van der Waals surface area contributed by atoms with Gasteiger partial charge in [0.15, 0.2) is 0 Å². The lowest BCUT2D eigenvalue weighted by molar-refractivity contribution is 0.432. The first-order valence-corrected chi connectivity index (χ1v) is 7.74. The second-order valence-electron chi connectivity index (χ2n) is 4.72. The SMILES string of the molecule is CSc1ccc(-c2noc(-c3ccc(C)c(N)c3)n2)cc1. The van der Waals surface area contributed by atoms with Crippen LogP contribution in [-0.4, -0.2) is 16.4 Å². The van der Waals surface area contributed by atoms with Crippen LogP contribution >= 0.6 is 11.8 Å². The van der Waals surface area contributed by atoms with Crippen molar-refractivity contribution in [3.8, 4) is 22.8 Å². The van der Waals surface area contributed by atoms with Gasteiger partial charge in [0, 0.05) is 21.7 Å². The summed E-state index contributed by atoms with van der Waals surface area (Å²) in [6.07, 6.45) is 2.04. The smallest absolute Gasteiger partial charge is 0.258 e. The van der Waals surface area contributed by atoms with Crippen molar-refractivity contribution in [2.24, 2.45) is 0 Å². The summed E-state index contributed by atoms with van der Waals surface area (Å²) in [7, 11) is 0. The van der Waals surface area contributed by atoms with E-state index in [0.29, 0.717) is 11.7 Å². The Kier molecular flexibility index (Phi) is 3.66. The number of anilines is 1. The molecular weight excluding hydrogens is 282 g/mol. The van der Waals surface area contributed by atoms with Crippen LogP contribution in [0.2, 0.25) is 0 Å². The minimum atomic E-state index is 0.477. The van der Waals surface area contributed by atoms with Crippen LogP contribution in [-0.2, 0) is 0 Å². The molecule has 106 valence electrons. The van der Waals surface area contributed by atoms with E-state index >= 15 is 0 Å². The zero-order valence-corrected chi connectivity index (χ0v) is 12.6. The van der Waals surface area contributed by atoms with Crippen LogP contribution in [0.15, 0.2) is 51.9 Å². The molecular formula is C16H15N3OS. The lowest BCUT2D eigenvalue weighted by Crippen LogP contribution is -1.90. The van der Waals surface area contributed by atoms with Gasteiger partial charge in [-0.2, -0.15) is 4.98 Å². The van der Waals surface area contributed by atoms with E-state index in [9.17, 15) is 0 Å². The van der Waals surface area contributed by atoms with Crippen LogP contribution in [0.3, 0.4) is 0 Å². The van der Waals surface area contributed by atoms with Crippen LogP contribution in [0, 0.1) is 6.92 Å². The molecule has 0 amide bonds. The van der Waals surface area contributed by atoms with Gasteiger partial charge in [-0.1, -0.05) is 11.2 Å². The maximum Gasteiger partial charge on any atom is 0.258 e. The van der Waals surface area contributed by atoms with Crippen LogP contribution < -0.4 is 5.73 Å². The molecule has 1 heterocycles. The Morgan fingerprint density at radius 3 is 2.43 bits per heavy atom. The average molecular weight is 297 g/mol. The maximum absolute atomic E-state index is 5.92. The Balaban J connectivity index is 1.93. The fourth-order valence-corrected chi connectivity index (χ4v) is 2.38. The molecule has 2 aromatic carbocycles. The molecule has 0 aliphatic rings. The monoisotopic (exact) mass is 297 g/mol. The molecule has 3 rings (SSSR count). The number of nitrogen functional groups attached to an aromatic ring is 1. The van der Waals surface area contributed by atoms with E-state index < -0.39 is 0 Å². The first kappa shape index (κ1) is 13.7. The molecule has 1 aromatic heterocycles. The minimum Gasteiger partial charge on any atom is -0.398 e. The Bertz CT molecular complexity index is 765. The molecule has 0 unspecified atom stereocenters. The van der Waals surface area contributed by atoms with Crippen molar-refractivity contribution in [1.82, 2.24) is 10.1 Å². The number of thioether (sulfide) groups is 1. The van der Waals surface area contributed by atoms with Gasteiger partial charge in [0.25, 0.3) is 5.89 Å². The summed E-state index contributed by atoms with van der Waals surface area (Å²) in [4.78, 5) is 5.64. The predicted molar refractivity (Wildman–Crippen MR) is 86.1 cm³/mol. The fourth-order valence-electron chi connectivity index (χ4n) is 1.97. The first-order chi connectivity index (χ1) is 10.2. The molecule has 21 heavy (non-hydrogen) atoms. The molecule has 5 heteroatoms. The molecule has 0 atom stereocenters. The van der Waals surface area contributed by atoms with Crippen molar-refractivity contribution in [1.29, 1.82) is 0 Å². The van der Waals surface area contributed by atoms with Crippen molar-refractivity contribution < 1.29 is 4.52 Å². The highest BCUT2D eigenvalue weighted by atomic mass is 32.2. The van der Waals surface area contributed by atoms with Crippen molar-refractivity contribution >= 4 is 17.4 Å². The van der Waals surface area contributed by atoms with Gasteiger partial charge in [-0.15, -0.1) is 11.8 Å². The number of nitrogens with two attached hydrogens (primary N) is 1. The van der Waals surface area contributed by atoms with Crippen molar-refractivity contribution in [3.63, 3.8) is 0 Å². The number of aryl methyl sites for hydroxylation is 1. The Morgan fingerprint density at radius 1 is 1.05 bits per heavy atom. The average Bonchev–Trinajstić information content (AvgIpc) is 3.00. The van der Waals surface area contributed by atoms with Crippen molar-refractivity contribution in [2.75, 3.05) is 12.0 Å². The summed E-state index contributed by atoms with van der Waals surface area (Å²) in [5.74, 6) is 1.06. The highest BCUT2D eigenvalue weighted by Crippen LogP contribution is 2.26. The van der Waals surface area contributed by atoms with Gasteiger partial charge in [-0.25, -0.2) is 0 Å². The third-order valence-corrected chi connectivity index (χ3v) is 4.04. The third kappa shape index (κ3) is 2.78. The minimum absolute atomic E-state index is 0.477. The zero-order chi connectivity index (χ0) is 14.8. The number of nitrogens with zero attached hydrogens (tertiary/aromatic N) is 2. The molecule has 0 bridgehead atoms. The molecule has 0 radical (unpaired) electrons. The van der Waals surface area contributed by atoms with Crippen molar-refractivity contribution in [2.45, 2.75) is 11.8 Å². The quantitative estimate of drug-likeness (QED) is 0.584. The first-order valence-electron chi connectivity index (χ1n) is 6.52. The molecule has 0 saturated carbocycles. The topological polar surface area (TPSA) is 64.9 Å². The Labute approximate surface area is 127 Å². The highest BCUT2D eigenvalue weighted by molar-refractivity contribution is 7.98. The van der Waals surface area contributed by atoms with Crippen LogP contribution in [0.5, 0.6) is 0 Å². The van der Waals surface area contributed by atoms with Gasteiger partial charge in [0.1, 0.15) is 0 Å². The highest BCUT2D eigenvalue weighted by Gasteiger charge is 2.11. The van der Waals surface area contributed by atoms with E-state index in [-0.39, 0.29) is 0 Å². The molecule has 0 saturated heterocycles. The van der Waals surface area contributed by atoms with Gasteiger partial charge >= 0.3 is 0 Å². The van der Waals surface area contributed by atoms with Crippen LogP contribution in [0.4, 0.5) is 5.69 Å². The summed E-state index contributed by atoms with van der Waals surface area (Å²) < 4.78 is 5.33. The molecule has 0 aliphatic carbocycles. The summed E-state index contributed by atoms with van der Waals surface area (Å²) in [6.45, 7) is 1.96. The van der Waals surface area contributed by atoms with E-state index in [1.807, 2.05) is 55.6 Å². The van der Waals surface area contributed by atoms with Gasteiger partial charge in [0.2, 0.25) is 5.82 Å². The van der Waals surface area contributed by atoms with Gasteiger partial charge in [0.05, 0.1) is 0 Å². The number of aromatic nitrogens is 2. The standard InChI is InChI=1S/C16H15N3OS/c1-10-3-4-12(9-14(10)17)16-18-15(19-20-16)11-5-7-13(21-2)8-6-11/h3-9H,17H2,1-2H3. The molecule has 0 aliphatic heterocycles. The van der Waals surface area contributed by atoms with Crippen molar-refractivity contribution in [3.05, 3.63) is 48.0 Å². The fraction of sp³-hybridized carbons (Fsp3) is 0.125. The molecule has 0 fully saturated rings. The lowest BCUT2D eigenvalue weighted by Gasteiger charge is -2.00. The Hall–Kier alpha value is -2.27. The number of hydrogen-bond donors (Lipinski definition) is 1. The summed E-state index contributed by atoms with van der Waals surface area (Å²) in [5, 5.41) is 4.04. The van der Waals surface area contributed by atoms with Crippen LogP contribution in [0.25, 0.3) is 22.8 Å². The maximum atomic E-state index is 5.92. The summed E-state index contributed by atoms with van der Waals surface area (Å²) >= 11 is 1.70. The molecule has 0 spiro atoms. The molecule has 4 nitrogen and oxygen atoms in total. The van der Waals surface area contributed by atoms with E-state index in [2.05, 4.69) is 10.1 Å². The lowest BCUT2D eigenvalue weighted by atomic mass is 10.1. The molecule has 2 N–H and O–H groups in total. The number of hydrogen-bond acceptors (Lipinski definition) is 5. The van der Waals surface area contributed by atoms with Gasteiger partial charge in [-0.05, 0) is 55.1 Å². The largest absolute Gasteiger partial charge is 0.398 e. The van der Waals surface area contributed by atoms with Gasteiger partial charge in [-0.3, -0.25) is 0 Å². The number of rotatable bonds is 3. The van der Waals surface area contributed by atoms with E-state index in [4.69, 9.17) is 10.3 Å². The van der Waals surface area contributed by atoms with E-state index in [0.717, 1.165) is 22.4 Å².